The Morgan fingerprint density at radius 2 is 2.33 bits per heavy atom. The van der Waals surface area contributed by atoms with Crippen LogP contribution in [0, 0.1) is 0 Å². The maximum atomic E-state index is 5.05. The lowest BCUT2D eigenvalue weighted by Gasteiger charge is -1.93. The molecule has 0 radical (unpaired) electrons. The van der Waals surface area contributed by atoms with Gasteiger partial charge in [-0.1, -0.05) is 28.5 Å². The second-order valence-electron chi connectivity index (χ2n) is 2.06. The Hall–Kier alpha value is 0.660. The average molecular weight is 164 g/mol. The van der Waals surface area contributed by atoms with Gasteiger partial charge in [0.05, 0.1) is 12.7 Å². The second-order valence-corrected chi connectivity index (χ2v) is 4.69. The summed E-state index contributed by atoms with van der Waals surface area (Å²) in [6.07, 6.45) is 1.88. The van der Waals surface area contributed by atoms with E-state index in [2.05, 4.69) is 6.92 Å². The van der Waals surface area contributed by atoms with E-state index in [1.165, 1.54) is 17.9 Å². The molecule has 1 aliphatic rings. The molecule has 0 aliphatic carbocycles. The SMILES string of the molecule is CCCSSCC1CO1. The van der Waals surface area contributed by atoms with E-state index in [4.69, 9.17) is 4.74 Å². The van der Waals surface area contributed by atoms with Gasteiger partial charge >= 0.3 is 0 Å². The zero-order chi connectivity index (χ0) is 6.53. The molecule has 54 valence electrons. The van der Waals surface area contributed by atoms with Gasteiger partial charge in [0, 0.05) is 11.5 Å². The first kappa shape index (κ1) is 7.76. The molecule has 0 bridgehead atoms. The van der Waals surface area contributed by atoms with Crippen LogP contribution in [0.2, 0.25) is 0 Å². The van der Waals surface area contributed by atoms with E-state index < -0.39 is 0 Å². The molecule has 1 saturated heterocycles. The highest BCUT2D eigenvalue weighted by Gasteiger charge is 2.21. The monoisotopic (exact) mass is 164 g/mol. The summed E-state index contributed by atoms with van der Waals surface area (Å²) in [6.45, 7) is 3.21. The third kappa shape index (κ3) is 4.12. The minimum Gasteiger partial charge on any atom is -0.372 e. The van der Waals surface area contributed by atoms with Gasteiger partial charge in [0.15, 0.2) is 0 Å². The van der Waals surface area contributed by atoms with Crippen molar-refractivity contribution in [3.05, 3.63) is 0 Å². The molecule has 1 rings (SSSR count). The first-order chi connectivity index (χ1) is 4.43. The van der Waals surface area contributed by atoms with Crippen LogP contribution in [0.25, 0.3) is 0 Å². The van der Waals surface area contributed by atoms with Gasteiger partial charge in [0.25, 0.3) is 0 Å². The highest BCUT2D eigenvalue weighted by atomic mass is 33.1. The topological polar surface area (TPSA) is 12.5 Å². The maximum Gasteiger partial charge on any atom is 0.0908 e. The van der Waals surface area contributed by atoms with Crippen molar-refractivity contribution in [2.24, 2.45) is 0 Å². The van der Waals surface area contributed by atoms with Gasteiger partial charge in [-0.3, -0.25) is 0 Å². The molecule has 1 fully saturated rings. The molecule has 0 amide bonds. The van der Waals surface area contributed by atoms with E-state index >= 15 is 0 Å². The van der Waals surface area contributed by atoms with Crippen LogP contribution in [0.3, 0.4) is 0 Å². The van der Waals surface area contributed by atoms with Crippen LogP contribution >= 0.6 is 21.6 Å². The van der Waals surface area contributed by atoms with Crippen LogP contribution in [-0.4, -0.2) is 24.2 Å². The van der Waals surface area contributed by atoms with Crippen molar-refractivity contribution in [1.29, 1.82) is 0 Å². The van der Waals surface area contributed by atoms with Crippen molar-refractivity contribution in [3.63, 3.8) is 0 Å². The normalized spacial score (nSPS) is 24.3. The number of epoxide rings is 1. The first-order valence-electron chi connectivity index (χ1n) is 3.29. The Morgan fingerprint density at radius 1 is 1.56 bits per heavy atom. The molecule has 1 unspecified atom stereocenters. The zero-order valence-corrected chi connectivity index (χ0v) is 7.26. The summed E-state index contributed by atoms with van der Waals surface area (Å²) in [5.74, 6) is 2.46. The molecule has 3 heteroatoms. The van der Waals surface area contributed by atoms with Gasteiger partial charge in [-0.05, 0) is 6.42 Å². The molecule has 0 aromatic rings. The van der Waals surface area contributed by atoms with Crippen LogP contribution in [0.4, 0.5) is 0 Å². The van der Waals surface area contributed by atoms with Crippen molar-refractivity contribution in [3.8, 4) is 0 Å². The van der Waals surface area contributed by atoms with E-state index in [-0.39, 0.29) is 0 Å². The van der Waals surface area contributed by atoms with Gasteiger partial charge in [-0.2, -0.15) is 0 Å². The standard InChI is InChI=1S/C6H12OS2/c1-2-3-8-9-5-6-4-7-6/h6H,2-5H2,1H3. The van der Waals surface area contributed by atoms with Crippen molar-refractivity contribution in [2.75, 3.05) is 18.1 Å². The Bertz CT molecular complexity index is 73.5. The quantitative estimate of drug-likeness (QED) is 0.351. The van der Waals surface area contributed by atoms with Crippen molar-refractivity contribution >= 4 is 21.6 Å². The van der Waals surface area contributed by atoms with Gasteiger partial charge in [-0.15, -0.1) is 0 Å². The van der Waals surface area contributed by atoms with Crippen molar-refractivity contribution < 1.29 is 4.74 Å². The minimum atomic E-state index is 0.597. The molecule has 0 N–H and O–H groups in total. The largest absolute Gasteiger partial charge is 0.372 e. The Labute approximate surface area is 64.3 Å². The first-order valence-corrected chi connectivity index (χ1v) is 5.78. The Kier molecular flexibility index (Phi) is 3.86. The number of rotatable bonds is 5. The molecule has 1 aliphatic heterocycles. The van der Waals surface area contributed by atoms with Crippen molar-refractivity contribution in [1.82, 2.24) is 0 Å². The fourth-order valence-corrected chi connectivity index (χ4v) is 2.75. The average Bonchev–Trinajstić information content (AvgIpc) is 2.63. The third-order valence-corrected chi connectivity index (χ3v) is 3.68. The summed E-state index contributed by atoms with van der Waals surface area (Å²) in [5.41, 5.74) is 0. The minimum absolute atomic E-state index is 0.597. The van der Waals surface area contributed by atoms with Crippen LogP contribution < -0.4 is 0 Å². The smallest absolute Gasteiger partial charge is 0.0908 e. The number of hydrogen-bond donors (Lipinski definition) is 0. The molecular weight excluding hydrogens is 152 g/mol. The van der Waals surface area contributed by atoms with Gasteiger partial charge in [0.2, 0.25) is 0 Å². The van der Waals surface area contributed by atoms with Crippen LogP contribution in [0.15, 0.2) is 0 Å². The lowest BCUT2D eigenvalue weighted by Crippen LogP contribution is -1.85. The van der Waals surface area contributed by atoms with Crippen molar-refractivity contribution in [2.45, 2.75) is 19.4 Å². The van der Waals surface area contributed by atoms with E-state index in [0.717, 1.165) is 6.61 Å². The molecular formula is C6H12OS2. The second kappa shape index (κ2) is 4.47. The summed E-state index contributed by atoms with van der Waals surface area (Å²) in [5, 5.41) is 0. The summed E-state index contributed by atoms with van der Waals surface area (Å²) < 4.78 is 5.05. The lowest BCUT2D eigenvalue weighted by molar-refractivity contribution is 0.426. The van der Waals surface area contributed by atoms with E-state index in [1.54, 1.807) is 0 Å². The van der Waals surface area contributed by atoms with Crippen LogP contribution in [-0.2, 0) is 4.74 Å². The molecule has 9 heavy (non-hydrogen) atoms. The number of ether oxygens (including phenoxy) is 1. The summed E-state index contributed by atoms with van der Waals surface area (Å²) in [4.78, 5) is 0. The maximum absolute atomic E-state index is 5.05. The molecule has 1 atom stereocenters. The predicted octanol–water partition coefficient (Wildman–Crippen LogP) is 2.18. The van der Waals surface area contributed by atoms with Crippen LogP contribution in [0.5, 0.6) is 0 Å². The van der Waals surface area contributed by atoms with Gasteiger partial charge < -0.3 is 4.74 Å². The third-order valence-electron chi connectivity index (χ3n) is 1.03. The molecule has 1 heterocycles. The van der Waals surface area contributed by atoms with E-state index in [0.29, 0.717) is 6.10 Å². The van der Waals surface area contributed by atoms with Gasteiger partial charge in [0.1, 0.15) is 0 Å². The summed E-state index contributed by atoms with van der Waals surface area (Å²) in [6, 6.07) is 0. The Morgan fingerprint density at radius 3 is 2.89 bits per heavy atom. The fourth-order valence-electron chi connectivity index (χ4n) is 0.431. The Balaban J connectivity index is 1.71. The fraction of sp³-hybridized carbons (Fsp3) is 1.00. The van der Waals surface area contributed by atoms with E-state index in [1.807, 2.05) is 21.6 Å². The summed E-state index contributed by atoms with van der Waals surface area (Å²) >= 11 is 0. The summed E-state index contributed by atoms with van der Waals surface area (Å²) in [7, 11) is 3.90. The molecule has 0 saturated carbocycles. The molecule has 0 aromatic carbocycles. The highest BCUT2D eigenvalue weighted by molar-refractivity contribution is 8.76. The molecule has 1 nitrogen and oxygen atoms in total. The highest BCUT2D eigenvalue weighted by Crippen LogP contribution is 2.26. The molecule has 0 spiro atoms. The molecule has 0 aromatic heterocycles. The van der Waals surface area contributed by atoms with Gasteiger partial charge in [-0.25, -0.2) is 0 Å². The van der Waals surface area contributed by atoms with E-state index in [9.17, 15) is 0 Å². The zero-order valence-electron chi connectivity index (χ0n) is 5.63. The predicted molar refractivity (Wildman–Crippen MR) is 44.9 cm³/mol. The number of hydrogen-bond acceptors (Lipinski definition) is 3. The van der Waals surface area contributed by atoms with Crippen LogP contribution in [0.1, 0.15) is 13.3 Å². The lowest BCUT2D eigenvalue weighted by atomic mass is 10.6.